The number of anilines is 1. The van der Waals surface area contributed by atoms with Crippen LogP contribution in [0, 0.1) is 0 Å². The first-order valence-electron chi connectivity index (χ1n) is 8.11. The molecule has 1 heterocycles. The van der Waals surface area contributed by atoms with Crippen molar-refractivity contribution in [2.24, 2.45) is 0 Å². The summed E-state index contributed by atoms with van der Waals surface area (Å²) in [6.07, 6.45) is 1.52. The minimum atomic E-state index is -0.510. The molecule has 0 aliphatic carbocycles. The van der Waals surface area contributed by atoms with Gasteiger partial charge in [-0.05, 0) is 45.7 Å². The van der Waals surface area contributed by atoms with Crippen LogP contribution in [-0.4, -0.2) is 41.6 Å². The molecule has 5 nitrogen and oxygen atoms in total. The van der Waals surface area contributed by atoms with E-state index in [-0.39, 0.29) is 18.0 Å². The van der Waals surface area contributed by atoms with Crippen molar-refractivity contribution in [3.05, 3.63) is 30.3 Å². The summed E-state index contributed by atoms with van der Waals surface area (Å²) in [5, 5.41) is 0. The second-order valence-electron chi connectivity index (χ2n) is 6.93. The normalized spacial score (nSPS) is 17.9. The van der Waals surface area contributed by atoms with Gasteiger partial charge in [0.2, 0.25) is 5.91 Å². The zero-order valence-corrected chi connectivity index (χ0v) is 14.4. The number of carbonyl (C=O) groups is 2. The van der Waals surface area contributed by atoms with Gasteiger partial charge in [-0.1, -0.05) is 18.2 Å². The van der Waals surface area contributed by atoms with Gasteiger partial charge in [0, 0.05) is 25.7 Å². The van der Waals surface area contributed by atoms with Gasteiger partial charge in [-0.25, -0.2) is 4.79 Å². The number of hydrogen-bond donors (Lipinski definition) is 0. The summed E-state index contributed by atoms with van der Waals surface area (Å²) in [5.41, 5.74) is 0.347. The SMILES string of the molecule is CC(=O)N(C[C@@H]1CCCN1C(=O)OC(C)(C)C)c1ccccc1. The molecule has 0 unspecified atom stereocenters. The maximum absolute atomic E-state index is 12.4. The Labute approximate surface area is 138 Å². The first-order chi connectivity index (χ1) is 10.8. The molecule has 0 spiro atoms. The molecule has 23 heavy (non-hydrogen) atoms. The van der Waals surface area contributed by atoms with Crippen molar-refractivity contribution in [3.63, 3.8) is 0 Å². The molecule has 2 amide bonds. The van der Waals surface area contributed by atoms with E-state index in [2.05, 4.69) is 0 Å². The first-order valence-corrected chi connectivity index (χ1v) is 8.11. The minimum absolute atomic E-state index is 0.00560. The number of hydrogen-bond acceptors (Lipinski definition) is 3. The minimum Gasteiger partial charge on any atom is -0.444 e. The number of likely N-dealkylation sites (tertiary alicyclic amines) is 1. The van der Waals surface area contributed by atoms with Crippen LogP contribution in [0.4, 0.5) is 10.5 Å². The average Bonchev–Trinajstić information content (AvgIpc) is 2.92. The summed E-state index contributed by atoms with van der Waals surface area (Å²) >= 11 is 0. The molecule has 1 aliphatic rings. The van der Waals surface area contributed by atoms with Gasteiger partial charge in [0.25, 0.3) is 0 Å². The van der Waals surface area contributed by atoms with Crippen LogP contribution in [0.2, 0.25) is 0 Å². The Bertz CT molecular complexity index is 551. The van der Waals surface area contributed by atoms with Crippen LogP contribution in [-0.2, 0) is 9.53 Å². The van der Waals surface area contributed by atoms with Crippen molar-refractivity contribution in [1.82, 2.24) is 4.90 Å². The molecular formula is C18H26N2O3. The lowest BCUT2D eigenvalue weighted by Gasteiger charge is -2.32. The van der Waals surface area contributed by atoms with Crippen LogP contribution in [0.1, 0.15) is 40.5 Å². The molecule has 1 saturated heterocycles. The van der Waals surface area contributed by atoms with Crippen LogP contribution in [0.3, 0.4) is 0 Å². The lowest BCUT2D eigenvalue weighted by Crippen LogP contribution is -2.46. The van der Waals surface area contributed by atoms with Crippen molar-refractivity contribution < 1.29 is 14.3 Å². The molecule has 1 aromatic carbocycles. The number of para-hydroxylation sites is 1. The average molecular weight is 318 g/mol. The zero-order chi connectivity index (χ0) is 17.0. The number of ether oxygens (including phenoxy) is 1. The smallest absolute Gasteiger partial charge is 0.410 e. The molecule has 1 fully saturated rings. The van der Waals surface area contributed by atoms with Crippen molar-refractivity contribution in [2.75, 3.05) is 18.0 Å². The van der Waals surface area contributed by atoms with Gasteiger partial charge < -0.3 is 14.5 Å². The highest BCUT2D eigenvalue weighted by molar-refractivity contribution is 5.91. The van der Waals surface area contributed by atoms with Gasteiger partial charge in [-0.2, -0.15) is 0 Å². The highest BCUT2D eigenvalue weighted by atomic mass is 16.6. The molecular weight excluding hydrogens is 292 g/mol. The summed E-state index contributed by atoms with van der Waals surface area (Å²) < 4.78 is 5.48. The third-order valence-electron chi connectivity index (χ3n) is 3.85. The summed E-state index contributed by atoms with van der Waals surface area (Å²) in [4.78, 5) is 27.9. The fourth-order valence-electron chi connectivity index (χ4n) is 2.82. The lowest BCUT2D eigenvalue weighted by atomic mass is 10.2. The van der Waals surface area contributed by atoms with Gasteiger partial charge in [0.05, 0.1) is 6.04 Å². The summed E-state index contributed by atoms with van der Waals surface area (Å²) in [5.74, 6) is -0.0211. The maximum atomic E-state index is 12.4. The van der Waals surface area contributed by atoms with Gasteiger partial charge >= 0.3 is 6.09 Å². The number of nitrogens with zero attached hydrogens (tertiary/aromatic N) is 2. The summed E-state index contributed by atoms with van der Waals surface area (Å²) in [7, 11) is 0. The van der Waals surface area contributed by atoms with Crippen LogP contribution >= 0.6 is 0 Å². The predicted octanol–water partition coefficient (Wildman–Crippen LogP) is 3.44. The van der Waals surface area contributed by atoms with Crippen molar-refractivity contribution in [3.8, 4) is 0 Å². The van der Waals surface area contributed by atoms with Gasteiger partial charge in [-0.3, -0.25) is 4.79 Å². The van der Waals surface area contributed by atoms with Crippen molar-refractivity contribution in [2.45, 2.75) is 52.2 Å². The number of carbonyl (C=O) groups excluding carboxylic acids is 2. The molecule has 0 saturated carbocycles. The van der Waals surface area contributed by atoms with Crippen LogP contribution < -0.4 is 4.90 Å². The van der Waals surface area contributed by atoms with E-state index in [1.54, 1.807) is 16.7 Å². The standard InChI is InChI=1S/C18H26N2O3/c1-14(21)20(15-9-6-5-7-10-15)13-16-11-8-12-19(16)17(22)23-18(2,3)4/h5-7,9-10,16H,8,11-13H2,1-4H3/t16-/m0/s1. The number of amides is 2. The summed E-state index contributed by atoms with van der Waals surface area (Å²) in [6.45, 7) is 8.32. The first kappa shape index (κ1) is 17.3. The highest BCUT2D eigenvalue weighted by Gasteiger charge is 2.33. The predicted molar refractivity (Wildman–Crippen MR) is 90.4 cm³/mol. The Balaban J connectivity index is 2.10. The Morgan fingerprint density at radius 2 is 1.91 bits per heavy atom. The van der Waals surface area contributed by atoms with Crippen molar-refractivity contribution >= 4 is 17.7 Å². The van der Waals surface area contributed by atoms with Gasteiger partial charge in [0.1, 0.15) is 5.60 Å². The van der Waals surface area contributed by atoms with E-state index in [1.165, 1.54) is 0 Å². The largest absolute Gasteiger partial charge is 0.444 e. The number of benzene rings is 1. The molecule has 1 aliphatic heterocycles. The van der Waals surface area contributed by atoms with Gasteiger partial charge in [-0.15, -0.1) is 0 Å². The monoisotopic (exact) mass is 318 g/mol. The quantitative estimate of drug-likeness (QED) is 0.858. The second-order valence-corrected chi connectivity index (χ2v) is 6.93. The Kier molecular flexibility index (Phi) is 5.29. The number of rotatable bonds is 3. The van der Waals surface area contributed by atoms with E-state index < -0.39 is 5.60 Å². The van der Waals surface area contributed by atoms with E-state index >= 15 is 0 Å². The molecule has 1 atom stereocenters. The molecule has 2 rings (SSSR count). The zero-order valence-electron chi connectivity index (χ0n) is 14.4. The molecule has 126 valence electrons. The lowest BCUT2D eigenvalue weighted by molar-refractivity contribution is -0.116. The molecule has 0 N–H and O–H groups in total. The summed E-state index contributed by atoms with van der Waals surface area (Å²) in [6, 6.07) is 9.55. The maximum Gasteiger partial charge on any atom is 0.410 e. The third-order valence-corrected chi connectivity index (χ3v) is 3.85. The topological polar surface area (TPSA) is 49.9 Å². The Hall–Kier alpha value is -2.04. The fourth-order valence-corrected chi connectivity index (χ4v) is 2.82. The second kappa shape index (κ2) is 7.02. The van der Waals surface area contributed by atoms with E-state index in [9.17, 15) is 9.59 Å². The van der Waals surface area contributed by atoms with E-state index in [4.69, 9.17) is 4.74 Å². The molecule has 5 heteroatoms. The molecule has 0 aromatic heterocycles. The van der Waals surface area contributed by atoms with Crippen LogP contribution in [0.5, 0.6) is 0 Å². The highest BCUT2D eigenvalue weighted by Crippen LogP contribution is 2.24. The molecule has 0 radical (unpaired) electrons. The van der Waals surface area contributed by atoms with Crippen LogP contribution in [0.25, 0.3) is 0 Å². The fraction of sp³-hybridized carbons (Fsp3) is 0.556. The van der Waals surface area contributed by atoms with E-state index in [0.29, 0.717) is 13.1 Å². The third kappa shape index (κ3) is 4.71. The molecule has 1 aromatic rings. The Morgan fingerprint density at radius 3 is 2.48 bits per heavy atom. The Morgan fingerprint density at radius 1 is 1.26 bits per heavy atom. The van der Waals surface area contributed by atoms with E-state index in [1.807, 2.05) is 51.1 Å². The van der Waals surface area contributed by atoms with E-state index in [0.717, 1.165) is 18.5 Å². The van der Waals surface area contributed by atoms with Gasteiger partial charge in [0.15, 0.2) is 0 Å². The molecule has 0 bridgehead atoms. The van der Waals surface area contributed by atoms with Crippen molar-refractivity contribution in [1.29, 1.82) is 0 Å². The van der Waals surface area contributed by atoms with Crippen LogP contribution in [0.15, 0.2) is 30.3 Å².